The van der Waals surface area contributed by atoms with Crippen LogP contribution in [0.4, 0.5) is 8.78 Å². The van der Waals surface area contributed by atoms with E-state index in [1.807, 2.05) is 4.98 Å². The molecular formula is C15H14F2N2O7P+. The lowest BCUT2D eigenvalue weighted by molar-refractivity contribution is -0.203. The van der Waals surface area contributed by atoms with Crippen molar-refractivity contribution >= 4 is 8.25 Å². The van der Waals surface area contributed by atoms with Gasteiger partial charge in [0.1, 0.15) is 0 Å². The normalized spacial score (nSPS) is 28.1. The summed E-state index contributed by atoms with van der Waals surface area (Å²) in [6.07, 6.45) is -5.64. The monoisotopic (exact) mass is 403 g/mol. The fourth-order valence-electron chi connectivity index (χ4n) is 2.42. The summed E-state index contributed by atoms with van der Waals surface area (Å²) in [6, 6.07) is 8.79. The molecule has 12 heteroatoms. The molecule has 2 aromatic rings. The summed E-state index contributed by atoms with van der Waals surface area (Å²) in [6.45, 7) is -1.12. The Labute approximate surface area is 151 Å². The van der Waals surface area contributed by atoms with Crippen molar-refractivity contribution in [3.8, 4) is 5.75 Å². The number of hydrogen-bond acceptors (Lipinski definition) is 7. The average molecular weight is 403 g/mol. The van der Waals surface area contributed by atoms with Gasteiger partial charge in [0.25, 0.3) is 11.4 Å². The van der Waals surface area contributed by atoms with Crippen LogP contribution >= 0.6 is 8.25 Å². The van der Waals surface area contributed by atoms with Gasteiger partial charge in [0.15, 0.2) is 30.9 Å². The first-order valence-corrected chi connectivity index (χ1v) is 8.73. The molecule has 27 heavy (non-hydrogen) atoms. The minimum Gasteiger partial charge on any atom is -0.384 e. The highest BCUT2D eigenvalue weighted by atomic mass is 31.1. The summed E-state index contributed by atoms with van der Waals surface area (Å²) < 4.78 is 55.9. The maximum Gasteiger partial charge on any atom is 0.750 e. The van der Waals surface area contributed by atoms with Gasteiger partial charge in [-0.1, -0.05) is 18.2 Å². The second-order valence-corrected chi connectivity index (χ2v) is 6.49. The van der Waals surface area contributed by atoms with Crippen LogP contribution in [0.1, 0.15) is 6.23 Å². The lowest BCUT2D eigenvalue weighted by Crippen LogP contribution is -2.41. The van der Waals surface area contributed by atoms with Gasteiger partial charge in [-0.2, -0.15) is 0 Å². The quantitative estimate of drug-likeness (QED) is 0.695. The number of nitrogens with one attached hydrogen (secondary N) is 1. The zero-order chi connectivity index (χ0) is 19.6. The van der Waals surface area contributed by atoms with Crippen molar-refractivity contribution in [2.24, 2.45) is 0 Å². The zero-order valence-corrected chi connectivity index (χ0v) is 14.4. The van der Waals surface area contributed by atoms with Gasteiger partial charge < -0.3 is 9.84 Å². The Kier molecular flexibility index (Phi) is 5.47. The van der Waals surface area contributed by atoms with E-state index < -0.39 is 50.5 Å². The minimum atomic E-state index is -3.09. The number of H-pyrrole nitrogens is 1. The van der Waals surface area contributed by atoms with Crippen LogP contribution in [-0.2, 0) is 13.8 Å². The highest BCUT2D eigenvalue weighted by Crippen LogP contribution is 2.41. The second kappa shape index (κ2) is 7.65. The van der Waals surface area contributed by atoms with Crippen LogP contribution in [0.25, 0.3) is 0 Å². The molecule has 0 amide bonds. The number of benzene rings is 1. The van der Waals surface area contributed by atoms with Crippen molar-refractivity contribution in [1.29, 1.82) is 0 Å². The Morgan fingerprint density at radius 1 is 1.30 bits per heavy atom. The second-order valence-electron chi connectivity index (χ2n) is 5.60. The zero-order valence-electron chi connectivity index (χ0n) is 13.5. The van der Waals surface area contributed by atoms with Crippen LogP contribution in [0.3, 0.4) is 0 Å². The van der Waals surface area contributed by atoms with Crippen LogP contribution in [0.2, 0.25) is 0 Å². The number of hydrogen-bond donors (Lipinski definition) is 2. The molecule has 1 fully saturated rings. The largest absolute Gasteiger partial charge is 0.750 e. The van der Waals surface area contributed by atoms with Crippen LogP contribution in [0, 0.1) is 0 Å². The van der Waals surface area contributed by atoms with E-state index in [4.69, 9.17) is 13.8 Å². The van der Waals surface area contributed by atoms with Crippen LogP contribution in [0.5, 0.6) is 5.75 Å². The Morgan fingerprint density at radius 2 is 2.00 bits per heavy atom. The third-order valence-corrected chi connectivity index (χ3v) is 4.45. The molecule has 144 valence electrons. The molecule has 5 atom stereocenters. The lowest BCUT2D eigenvalue weighted by atomic mass is 10.1. The molecule has 0 bridgehead atoms. The molecule has 1 aliphatic heterocycles. The lowest BCUT2D eigenvalue weighted by Gasteiger charge is -2.19. The summed E-state index contributed by atoms with van der Waals surface area (Å²) in [5.41, 5.74) is -1.79. The summed E-state index contributed by atoms with van der Waals surface area (Å²) in [5, 5.41) is 9.82. The molecule has 2 N–H and O–H groups in total. The molecule has 1 aromatic heterocycles. The van der Waals surface area contributed by atoms with E-state index in [1.54, 1.807) is 18.2 Å². The third kappa shape index (κ3) is 4.11. The maximum atomic E-state index is 14.8. The first-order valence-electron chi connectivity index (χ1n) is 7.64. The maximum absolute atomic E-state index is 14.8. The first-order chi connectivity index (χ1) is 12.8. The number of rotatable bonds is 6. The third-order valence-electron chi connectivity index (χ3n) is 3.75. The molecular weight excluding hydrogens is 389 g/mol. The van der Waals surface area contributed by atoms with Crippen molar-refractivity contribution in [3.05, 3.63) is 63.4 Å². The minimum absolute atomic E-state index is 0.195. The Balaban J connectivity index is 1.69. The molecule has 1 aromatic carbocycles. The first kappa shape index (κ1) is 19.3. The highest BCUT2D eigenvalue weighted by Gasteiger charge is 2.59. The van der Waals surface area contributed by atoms with Gasteiger partial charge in [0, 0.05) is 16.8 Å². The molecule has 0 saturated carbocycles. The Hall–Kier alpha value is -2.46. The van der Waals surface area contributed by atoms with Crippen molar-refractivity contribution in [2.75, 3.05) is 6.61 Å². The van der Waals surface area contributed by atoms with E-state index in [0.717, 1.165) is 12.3 Å². The van der Waals surface area contributed by atoms with Crippen molar-refractivity contribution in [3.63, 3.8) is 0 Å². The van der Waals surface area contributed by atoms with E-state index in [-0.39, 0.29) is 5.75 Å². The van der Waals surface area contributed by atoms with Crippen molar-refractivity contribution < 1.29 is 32.2 Å². The molecule has 3 rings (SSSR count). The van der Waals surface area contributed by atoms with Gasteiger partial charge in [-0.3, -0.25) is 14.3 Å². The molecule has 9 nitrogen and oxygen atoms in total. The number of para-hydroxylation sites is 1. The van der Waals surface area contributed by atoms with E-state index in [1.165, 1.54) is 12.1 Å². The van der Waals surface area contributed by atoms with Crippen molar-refractivity contribution in [2.45, 2.75) is 24.4 Å². The molecule has 0 radical (unpaired) electrons. The summed E-state index contributed by atoms with van der Waals surface area (Å²) in [5.74, 6) is -2.90. The van der Waals surface area contributed by atoms with Gasteiger partial charge >= 0.3 is 13.9 Å². The number of halogens is 2. The van der Waals surface area contributed by atoms with E-state index >= 15 is 0 Å². The fourth-order valence-corrected chi connectivity index (χ4v) is 3.05. The predicted molar refractivity (Wildman–Crippen MR) is 86.8 cm³/mol. The number of aromatic amines is 1. The van der Waals surface area contributed by atoms with Gasteiger partial charge in [-0.15, -0.1) is 4.52 Å². The summed E-state index contributed by atoms with van der Waals surface area (Å²) in [4.78, 5) is 24.6. The smallest absolute Gasteiger partial charge is 0.384 e. The van der Waals surface area contributed by atoms with Crippen LogP contribution in [-0.4, -0.2) is 39.4 Å². The van der Waals surface area contributed by atoms with E-state index in [9.17, 15) is 28.0 Å². The standard InChI is InChI=1S/C15H13F2N2O7P/c16-11-12(21)15(17,8-24-27(23)26-9-4-2-1-3-5-9)25-13(11)19-7-6-10(20)18-14(19)22/h1-7,11-13,21H,8H2/p+1/t11-,12+,13-,15-/m1/s1. The molecule has 0 spiro atoms. The molecule has 1 saturated heterocycles. The summed E-state index contributed by atoms with van der Waals surface area (Å²) >= 11 is 0. The molecule has 2 heterocycles. The molecule has 1 unspecified atom stereocenters. The van der Waals surface area contributed by atoms with Gasteiger partial charge in [0.2, 0.25) is 0 Å². The number of nitrogens with zero attached hydrogens (tertiary/aromatic N) is 1. The number of alkyl halides is 2. The predicted octanol–water partition coefficient (Wildman–Crippen LogP) is 1.18. The highest BCUT2D eigenvalue weighted by molar-refractivity contribution is 7.33. The van der Waals surface area contributed by atoms with Crippen molar-refractivity contribution in [1.82, 2.24) is 9.55 Å². The molecule has 0 aliphatic carbocycles. The van der Waals surface area contributed by atoms with Crippen LogP contribution in [0.15, 0.2) is 52.2 Å². The topological polar surface area (TPSA) is 120 Å². The average Bonchev–Trinajstić information content (AvgIpc) is 2.86. The van der Waals surface area contributed by atoms with E-state index in [0.29, 0.717) is 4.57 Å². The SMILES string of the molecule is O=c1ccn([C@@H]2O[C@](F)(CO[P+](=O)Oc3ccccc3)[C@@H](O)[C@H]2F)c(=O)[nH]1. The number of aliphatic hydroxyl groups is 1. The number of aliphatic hydroxyl groups excluding tert-OH is 1. The number of ether oxygens (including phenoxy) is 1. The Bertz CT molecular complexity index is 938. The fraction of sp³-hybridized carbons (Fsp3) is 0.333. The molecule has 1 aliphatic rings. The summed E-state index contributed by atoms with van der Waals surface area (Å²) in [7, 11) is -2.84. The van der Waals surface area contributed by atoms with Gasteiger partial charge in [-0.25, -0.2) is 18.1 Å². The van der Waals surface area contributed by atoms with E-state index in [2.05, 4.69) is 0 Å². The van der Waals surface area contributed by atoms with Crippen LogP contribution < -0.4 is 15.8 Å². The Morgan fingerprint density at radius 3 is 2.67 bits per heavy atom. The van der Waals surface area contributed by atoms with Gasteiger partial charge in [0.05, 0.1) is 0 Å². The number of aromatic nitrogens is 2. The van der Waals surface area contributed by atoms with Gasteiger partial charge in [-0.05, 0) is 12.1 Å².